The molecule has 0 fully saturated rings. The zero-order valence-corrected chi connectivity index (χ0v) is 6.66. The Morgan fingerprint density at radius 2 is 1.69 bits per heavy atom. The lowest BCUT2D eigenvalue weighted by Crippen LogP contribution is -2.54. The summed E-state index contributed by atoms with van der Waals surface area (Å²) in [5.74, 6) is -4.47. The second-order valence-electron chi connectivity index (χ2n) is 2.60. The molecule has 0 aromatic carbocycles. The Kier molecular flexibility index (Phi) is 4.24. The third-order valence-electron chi connectivity index (χ3n) is 1.52. The molecule has 0 aromatic rings. The first kappa shape index (κ1) is 12.3. The normalized spacial score (nSPS) is 16.7. The lowest BCUT2D eigenvalue weighted by Gasteiger charge is -2.29. The molecule has 0 rings (SSSR count). The SMILES string of the molecule is O=C(O)CC(O)C(O)(O)C(O)CO. The largest absolute Gasteiger partial charge is 0.481 e. The van der Waals surface area contributed by atoms with Crippen molar-refractivity contribution in [2.24, 2.45) is 0 Å². The van der Waals surface area contributed by atoms with Gasteiger partial charge in [0, 0.05) is 0 Å². The Balaban J connectivity index is 4.34. The highest BCUT2D eigenvalue weighted by Gasteiger charge is 2.41. The monoisotopic (exact) mass is 196 g/mol. The maximum atomic E-state index is 10.0. The van der Waals surface area contributed by atoms with E-state index in [4.69, 9.17) is 30.6 Å². The van der Waals surface area contributed by atoms with Crippen molar-refractivity contribution in [3.8, 4) is 0 Å². The number of carboxylic acids is 1. The molecule has 7 nitrogen and oxygen atoms in total. The van der Waals surface area contributed by atoms with Gasteiger partial charge in [0.15, 0.2) is 0 Å². The molecule has 0 saturated carbocycles. The average molecular weight is 196 g/mol. The predicted octanol–water partition coefficient (Wildman–Crippen LogP) is -3.14. The highest BCUT2D eigenvalue weighted by Crippen LogP contribution is 2.14. The van der Waals surface area contributed by atoms with Gasteiger partial charge in [0.2, 0.25) is 5.79 Å². The maximum absolute atomic E-state index is 10.0. The van der Waals surface area contributed by atoms with Gasteiger partial charge in [0.05, 0.1) is 13.0 Å². The van der Waals surface area contributed by atoms with Crippen molar-refractivity contribution in [3.63, 3.8) is 0 Å². The standard InChI is InChI=1S/C6H12O7/c7-2-4(9)6(12,13)3(8)1-5(10)11/h3-4,7-9,12-13H,1-2H2,(H,10,11). The number of aliphatic hydroxyl groups excluding tert-OH is 3. The van der Waals surface area contributed by atoms with Crippen LogP contribution in [0.2, 0.25) is 0 Å². The smallest absolute Gasteiger partial charge is 0.306 e. The van der Waals surface area contributed by atoms with E-state index in [1.54, 1.807) is 0 Å². The number of hydrogen-bond acceptors (Lipinski definition) is 6. The van der Waals surface area contributed by atoms with Crippen molar-refractivity contribution in [2.75, 3.05) is 6.61 Å². The zero-order valence-electron chi connectivity index (χ0n) is 6.66. The van der Waals surface area contributed by atoms with Gasteiger partial charge in [-0.3, -0.25) is 4.79 Å². The minimum atomic E-state index is -3.02. The molecule has 0 amide bonds. The summed E-state index contributed by atoms with van der Waals surface area (Å²) in [6.45, 7) is -0.996. The first-order valence-corrected chi connectivity index (χ1v) is 3.45. The van der Waals surface area contributed by atoms with Gasteiger partial charge in [-0.25, -0.2) is 0 Å². The van der Waals surface area contributed by atoms with E-state index in [2.05, 4.69) is 0 Å². The Morgan fingerprint density at radius 3 is 2.00 bits per heavy atom. The maximum Gasteiger partial charge on any atom is 0.306 e. The molecule has 0 aliphatic carbocycles. The van der Waals surface area contributed by atoms with Gasteiger partial charge in [-0.2, -0.15) is 0 Å². The van der Waals surface area contributed by atoms with Crippen LogP contribution >= 0.6 is 0 Å². The van der Waals surface area contributed by atoms with E-state index < -0.39 is 37.0 Å². The van der Waals surface area contributed by atoms with E-state index >= 15 is 0 Å². The molecule has 2 atom stereocenters. The predicted molar refractivity (Wildman–Crippen MR) is 38.5 cm³/mol. The van der Waals surface area contributed by atoms with Crippen molar-refractivity contribution in [2.45, 2.75) is 24.4 Å². The van der Waals surface area contributed by atoms with Crippen LogP contribution in [0.3, 0.4) is 0 Å². The summed E-state index contributed by atoms with van der Waals surface area (Å²) in [7, 11) is 0. The fraction of sp³-hybridized carbons (Fsp3) is 0.833. The van der Waals surface area contributed by atoms with Gasteiger partial charge in [0.1, 0.15) is 12.2 Å². The molecule has 0 heterocycles. The number of carboxylic acid groups (broad SMARTS) is 1. The molecule has 0 radical (unpaired) electrons. The van der Waals surface area contributed by atoms with E-state index in [0.29, 0.717) is 0 Å². The first-order valence-electron chi connectivity index (χ1n) is 3.45. The summed E-state index contributed by atoms with van der Waals surface area (Å²) in [6, 6.07) is 0. The molecule has 7 heteroatoms. The van der Waals surface area contributed by atoms with E-state index in [1.807, 2.05) is 0 Å². The van der Waals surface area contributed by atoms with E-state index in [1.165, 1.54) is 0 Å². The fourth-order valence-corrected chi connectivity index (χ4v) is 0.672. The van der Waals surface area contributed by atoms with Crippen molar-refractivity contribution >= 4 is 5.97 Å². The summed E-state index contributed by atoms with van der Waals surface area (Å²) in [6.07, 6.45) is -5.02. The summed E-state index contributed by atoms with van der Waals surface area (Å²) in [5.41, 5.74) is 0. The molecule has 78 valence electrons. The summed E-state index contributed by atoms with van der Waals surface area (Å²) >= 11 is 0. The van der Waals surface area contributed by atoms with Gasteiger partial charge in [0.25, 0.3) is 0 Å². The summed E-state index contributed by atoms with van der Waals surface area (Å²) in [5, 5.41) is 52.0. The van der Waals surface area contributed by atoms with Crippen LogP contribution in [0, 0.1) is 0 Å². The van der Waals surface area contributed by atoms with Crippen molar-refractivity contribution < 1.29 is 35.4 Å². The van der Waals surface area contributed by atoms with Crippen LogP contribution in [0.1, 0.15) is 6.42 Å². The fourth-order valence-electron chi connectivity index (χ4n) is 0.672. The van der Waals surface area contributed by atoms with E-state index in [0.717, 1.165) is 0 Å². The Labute approximate surface area is 73.5 Å². The van der Waals surface area contributed by atoms with Crippen LogP contribution in [0.5, 0.6) is 0 Å². The van der Waals surface area contributed by atoms with Gasteiger partial charge in [-0.15, -0.1) is 0 Å². The van der Waals surface area contributed by atoms with Crippen LogP contribution < -0.4 is 0 Å². The minimum Gasteiger partial charge on any atom is -0.481 e. The number of carbonyl (C=O) groups is 1. The van der Waals surface area contributed by atoms with Crippen LogP contribution in [0.4, 0.5) is 0 Å². The number of rotatable bonds is 5. The second kappa shape index (κ2) is 4.49. The van der Waals surface area contributed by atoms with Gasteiger partial charge >= 0.3 is 5.97 Å². The Bertz CT molecular complexity index is 178. The number of aliphatic carboxylic acids is 1. The number of hydrogen-bond donors (Lipinski definition) is 6. The third-order valence-corrected chi connectivity index (χ3v) is 1.52. The second-order valence-corrected chi connectivity index (χ2v) is 2.60. The van der Waals surface area contributed by atoms with Gasteiger partial charge in [-0.1, -0.05) is 0 Å². The van der Waals surface area contributed by atoms with E-state index in [9.17, 15) is 4.79 Å². The lowest BCUT2D eigenvalue weighted by atomic mass is 10.0. The molecule has 6 N–H and O–H groups in total. The molecule has 0 aliphatic rings. The Morgan fingerprint density at radius 1 is 1.23 bits per heavy atom. The minimum absolute atomic E-state index is 0.940. The molecule has 0 aromatic heterocycles. The van der Waals surface area contributed by atoms with E-state index in [-0.39, 0.29) is 0 Å². The average Bonchev–Trinajstić information content (AvgIpc) is 2.01. The van der Waals surface area contributed by atoms with Gasteiger partial charge in [-0.05, 0) is 0 Å². The Hall–Kier alpha value is -0.730. The van der Waals surface area contributed by atoms with Gasteiger partial charge < -0.3 is 30.6 Å². The molecule has 0 spiro atoms. The van der Waals surface area contributed by atoms with Crippen LogP contribution in [-0.4, -0.2) is 61.2 Å². The van der Waals surface area contributed by atoms with Crippen molar-refractivity contribution in [1.29, 1.82) is 0 Å². The van der Waals surface area contributed by atoms with Crippen molar-refractivity contribution in [3.05, 3.63) is 0 Å². The third kappa shape index (κ3) is 3.25. The van der Waals surface area contributed by atoms with Crippen LogP contribution in [-0.2, 0) is 4.79 Å². The highest BCUT2D eigenvalue weighted by atomic mass is 16.5. The quantitative estimate of drug-likeness (QED) is 0.255. The van der Waals surface area contributed by atoms with Crippen molar-refractivity contribution in [1.82, 2.24) is 0 Å². The van der Waals surface area contributed by atoms with Crippen LogP contribution in [0.25, 0.3) is 0 Å². The highest BCUT2D eigenvalue weighted by molar-refractivity contribution is 5.67. The topological polar surface area (TPSA) is 138 Å². The number of aliphatic hydroxyl groups is 5. The molecule has 2 unspecified atom stereocenters. The summed E-state index contributed by atoms with van der Waals surface area (Å²) < 4.78 is 0. The molecule has 0 saturated heterocycles. The molecule has 13 heavy (non-hydrogen) atoms. The lowest BCUT2D eigenvalue weighted by molar-refractivity contribution is -0.280. The van der Waals surface area contributed by atoms with Crippen LogP contribution in [0.15, 0.2) is 0 Å². The summed E-state index contributed by atoms with van der Waals surface area (Å²) in [4.78, 5) is 10.0. The molecular weight excluding hydrogens is 184 g/mol. The molecule has 0 bridgehead atoms. The first-order chi connectivity index (χ1) is 5.82. The molecular formula is C6H12O7. The zero-order chi connectivity index (χ0) is 10.6. The molecule has 0 aliphatic heterocycles.